The minimum Gasteiger partial charge on any atom is -0.478 e. The zero-order valence-electron chi connectivity index (χ0n) is 5.27. The summed E-state index contributed by atoms with van der Waals surface area (Å²) in [6, 6.07) is -0.331. The van der Waals surface area contributed by atoms with Gasteiger partial charge in [0.05, 0.1) is 6.08 Å². The number of carbonyl (C=O) groups is 2. The number of hydrogen-bond acceptors (Lipinski definition) is 4. The number of amides is 1. The van der Waals surface area contributed by atoms with E-state index in [0.717, 1.165) is 0 Å². The number of rotatable bonds is 1. The summed E-state index contributed by atoms with van der Waals surface area (Å²) in [5.74, 6) is -2.42. The fourth-order valence-electron chi connectivity index (χ4n) is 0.538. The van der Waals surface area contributed by atoms with Gasteiger partial charge >= 0.3 is 11.9 Å². The van der Waals surface area contributed by atoms with E-state index in [1.807, 2.05) is 0 Å². The molecule has 0 radical (unpaired) electrons. The van der Waals surface area contributed by atoms with Crippen molar-refractivity contribution in [3.8, 4) is 0 Å². The highest BCUT2D eigenvalue weighted by molar-refractivity contribution is 6.07. The van der Waals surface area contributed by atoms with Crippen molar-refractivity contribution >= 4 is 17.9 Å². The molecule has 0 saturated heterocycles. The molecule has 0 atom stereocenters. The summed E-state index contributed by atoms with van der Waals surface area (Å²) in [5, 5.41) is 8.18. The van der Waals surface area contributed by atoms with Crippen molar-refractivity contribution in [3.63, 3.8) is 0 Å². The van der Waals surface area contributed by atoms with Crippen molar-refractivity contribution < 1.29 is 19.4 Å². The van der Waals surface area contributed by atoms with E-state index in [1.54, 1.807) is 0 Å². The van der Waals surface area contributed by atoms with E-state index in [1.165, 1.54) is 0 Å². The van der Waals surface area contributed by atoms with Crippen LogP contribution in [-0.2, 0) is 14.3 Å². The lowest BCUT2D eigenvalue weighted by molar-refractivity contribution is -0.132. The van der Waals surface area contributed by atoms with E-state index < -0.39 is 11.9 Å². The molecular formula is C5H4N2O4. The van der Waals surface area contributed by atoms with Crippen LogP contribution in [0.2, 0.25) is 0 Å². The Morgan fingerprint density at radius 2 is 2.36 bits per heavy atom. The van der Waals surface area contributed by atoms with Crippen LogP contribution < -0.4 is 5.73 Å². The standard InChI is InChI=1S/C5H4N2O4/c6-5-7-4(10)2(11-5)1-3(8)9/h1H,(H,8,9)(H2,6,7,10)/b2-1+. The lowest BCUT2D eigenvalue weighted by atomic mass is 10.4. The Labute approximate surface area is 61.0 Å². The van der Waals surface area contributed by atoms with Crippen LogP contribution >= 0.6 is 0 Å². The smallest absolute Gasteiger partial charge is 0.332 e. The first-order chi connectivity index (χ1) is 5.09. The molecule has 1 amide bonds. The molecule has 3 N–H and O–H groups in total. The molecular weight excluding hydrogens is 152 g/mol. The predicted molar refractivity (Wildman–Crippen MR) is 33.4 cm³/mol. The van der Waals surface area contributed by atoms with Crippen molar-refractivity contribution in [2.45, 2.75) is 0 Å². The molecule has 6 heteroatoms. The van der Waals surface area contributed by atoms with Gasteiger partial charge in [0.1, 0.15) is 0 Å². The lowest BCUT2D eigenvalue weighted by Crippen LogP contribution is -2.10. The molecule has 1 heterocycles. The topological polar surface area (TPSA) is 102 Å². The van der Waals surface area contributed by atoms with Gasteiger partial charge in [-0.05, 0) is 0 Å². The molecule has 0 unspecified atom stereocenters. The van der Waals surface area contributed by atoms with Gasteiger partial charge in [-0.25, -0.2) is 4.79 Å². The summed E-state index contributed by atoms with van der Waals surface area (Å²) in [7, 11) is 0. The first kappa shape index (κ1) is 7.26. The van der Waals surface area contributed by atoms with Crippen LogP contribution in [0.4, 0.5) is 0 Å². The fourth-order valence-corrected chi connectivity index (χ4v) is 0.538. The normalized spacial score (nSPS) is 19.8. The number of ether oxygens (including phenoxy) is 1. The van der Waals surface area contributed by atoms with Gasteiger partial charge in [0, 0.05) is 0 Å². The molecule has 0 fully saturated rings. The number of carboxylic acid groups (broad SMARTS) is 1. The van der Waals surface area contributed by atoms with Crippen molar-refractivity contribution in [3.05, 3.63) is 11.8 Å². The van der Waals surface area contributed by atoms with Crippen LogP contribution in [0.3, 0.4) is 0 Å². The molecule has 0 aliphatic carbocycles. The predicted octanol–water partition coefficient (Wildman–Crippen LogP) is -1.17. The number of hydrogen-bond donors (Lipinski definition) is 2. The van der Waals surface area contributed by atoms with E-state index in [2.05, 4.69) is 9.73 Å². The minimum atomic E-state index is -1.28. The van der Waals surface area contributed by atoms with E-state index in [0.29, 0.717) is 6.08 Å². The first-order valence-electron chi connectivity index (χ1n) is 2.60. The van der Waals surface area contributed by atoms with E-state index >= 15 is 0 Å². The molecule has 1 rings (SSSR count). The van der Waals surface area contributed by atoms with Crippen molar-refractivity contribution in [1.82, 2.24) is 0 Å². The van der Waals surface area contributed by atoms with Gasteiger partial charge in [-0.2, -0.15) is 4.99 Å². The van der Waals surface area contributed by atoms with E-state index in [-0.39, 0.29) is 11.8 Å². The summed E-state index contributed by atoms with van der Waals surface area (Å²) in [6.45, 7) is 0. The van der Waals surface area contributed by atoms with Crippen LogP contribution in [0, 0.1) is 0 Å². The van der Waals surface area contributed by atoms with Crippen LogP contribution in [0.1, 0.15) is 0 Å². The maximum Gasteiger partial charge on any atom is 0.332 e. The number of amidine groups is 1. The fraction of sp³-hybridized carbons (Fsp3) is 0. The van der Waals surface area contributed by atoms with Gasteiger partial charge in [0.2, 0.25) is 5.76 Å². The highest BCUT2D eigenvalue weighted by Crippen LogP contribution is 2.07. The zero-order chi connectivity index (χ0) is 8.43. The number of aliphatic carboxylic acids is 1. The second kappa shape index (κ2) is 2.41. The molecule has 0 bridgehead atoms. The van der Waals surface area contributed by atoms with E-state index in [4.69, 9.17) is 10.8 Å². The summed E-state index contributed by atoms with van der Waals surface area (Å²) in [5.41, 5.74) is 4.96. The maximum absolute atomic E-state index is 10.6. The quantitative estimate of drug-likeness (QED) is 0.465. The summed E-state index contributed by atoms with van der Waals surface area (Å²) < 4.78 is 4.44. The number of nitrogens with two attached hydrogens (primary N) is 1. The molecule has 11 heavy (non-hydrogen) atoms. The Kier molecular flexibility index (Phi) is 1.59. The third-order valence-electron chi connectivity index (χ3n) is 0.892. The molecule has 0 aromatic carbocycles. The van der Waals surface area contributed by atoms with Crippen molar-refractivity contribution in [1.29, 1.82) is 0 Å². The van der Waals surface area contributed by atoms with Crippen molar-refractivity contribution in [2.24, 2.45) is 10.7 Å². The Morgan fingerprint density at radius 3 is 2.73 bits per heavy atom. The molecule has 0 aromatic rings. The molecule has 1 aliphatic heterocycles. The van der Waals surface area contributed by atoms with Gasteiger partial charge in [0.25, 0.3) is 6.02 Å². The maximum atomic E-state index is 10.6. The van der Waals surface area contributed by atoms with Crippen molar-refractivity contribution in [2.75, 3.05) is 0 Å². The third kappa shape index (κ3) is 1.54. The second-order valence-corrected chi connectivity index (χ2v) is 1.70. The Hall–Kier alpha value is -1.85. The summed E-state index contributed by atoms with van der Waals surface area (Å²) >= 11 is 0. The SMILES string of the molecule is NC1=NC(=O)/C(=C\C(=O)O)O1. The zero-order valence-corrected chi connectivity index (χ0v) is 5.27. The van der Waals surface area contributed by atoms with Crippen LogP contribution in [-0.4, -0.2) is 23.0 Å². The van der Waals surface area contributed by atoms with Gasteiger partial charge in [-0.3, -0.25) is 4.79 Å². The lowest BCUT2D eigenvalue weighted by Gasteiger charge is -1.91. The average molecular weight is 156 g/mol. The largest absolute Gasteiger partial charge is 0.478 e. The summed E-state index contributed by atoms with van der Waals surface area (Å²) in [4.78, 5) is 23.7. The Bertz CT molecular complexity index is 278. The van der Waals surface area contributed by atoms with Gasteiger partial charge < -0.3 is 15.6 Å². The van der Waals surface area contributed by atoms with E-state index in [9.17, 15) is 9.59 Å². The molecule has 0 saturated carbocycles. The van der Waals surface area contributed by atoms with Gasteiger partial charge in [-0.1, -0.05) is 0 Å². The monoisotopic (exact) mass is 156 g/mol. The molecule has 0 aromatic heterocycles. The number of carboxylic acids is 1. The molecule has 6 nitrogen and oxygen atoms in total. The molecule has 0 spiro atoms. The second-order valence-electron chi connectivity index (χ2n) is 1.70. The van der Waals surface area contributed by atoms with Crippen LogP contribution in [0.25, 0.3) is 0 Å². The number of carbonyl (C=O) groups excluding carboxylic acids is 1. The van der Waals surface area contributed by atoms with Crippen LogP contribution in [0.15, 0.2) is 16.8 Å². The highest BCUT2D eigenvalue weighted by atomic mass is 16.5. The first-order valence-corrected chi connectivity index (χ1v) is 2.60. The Morgan fingerprint density at radius 1 is 1.73 bits per heavy atom. The van der Waals surface area contributed by atoms with Gasteiger partial charge in [0.15, 0.2) is 0 Å². The van der Waals surface area contributed by atoms with Crippen LogP contribution in [0.5, 0.6) is 0 Å². The number of aliphatic imine (C=N–C) groups is 1. The number of nitrogens with zero attached hydrogens (tertiary/aromatic N) is 1. The highest BCUT2D eigenvalue weighted by Gasteiger charge is 2.21. The molecule has 1 aliphatic rings. The third-order valence-corrected chi connectivity index (χ3v) is 0.892. The van der Waals surface area contributed by atoms with Gasteiger partial charge in [-0.15, -0.1) is 0 Å². The minimum absolute atomic E-state index is 0.331. The Balaban J connectivity index is 2.82. The summed E-state index contributed by atoms with van der Waals surface area (Å²) in [6.07, 6.45) is 0.603. The molecule has 58 valence electrons. The average Bonchev–Trinajstić information content (AvgIpc) is 2.09.